The summed E-state index contributed by atoms with van der Waals surface area (Å²) in [6, 6.07) is 0. The highest BCUT2D eigenvalue weighted by atomic mass is 35.5. The number of aryl methyl sites for hydroxylation is 1. The molecule has 3 rings (SSSR count). The van der Waals surface area contributed by atoms with Crippen LogP contribution < -0.4 is 5.32 Å². The minimum atomic E-state index is -0.877. The van der Waals surface area contributed by atoms with E-state index in [0.29, 0.717) is 17.3 Å². The van der Waals surface area contributed by atoms with Crippen LogP contribution >= 0.6 is 11.6 Å². The number of hydrogen-bond donors (Lipinski definition) is 1. The topological polar surface area (TPSA) is 82.6 Å². The first-order chi connectivity index (χ1) is 11.9. The maximum Gasteiger partial charge on any atom is 0.251 e. The largest absolute Gasteiger partial charge is 0.321 e. The highest BCUT2D eigenvalue weighted by molar-refractivity contribution is 6.30. The van der Waals surface area contributed by atoms with Crippen LogP contribution in [0.5, 0.6) is 0 Å². The Balaban J connectivity index is 1.67. The molecule has 0 aliphatic carbocycles. The van der Waals surface area contributed by atoms with E-state index in [1.165, 1.54) is 10.9 Å². The van der Waals surface area contributed by atoms with Crippen molar-refractivity contribution in [3.05, 3.63) is 47.8 Å². The predicted octanol–water partition coefficient (Wildman–Crippen LogP) is 2.37. The molecule has 25 heavy (non-hydrogen) atoms. The van der Waals surface area contributed by atoms with Crippen molar-refractivity contribution in [2.75, 3.05) is 5.32 Å². The van der Waals surface area contributed by atoms with Crippen LogP contribution in [0.4, 0.5) is 5.69 Å². The van der Waals surface area contributed by atoms with Gasteiger partial charge in [-0.25, -0.2) is 0 Å². The zero-order valence-electron chi connectivity index (χ0n) is 14.3. The van der Waals surface area contributed by atoms with E-state index >= 15 is 0 Å². The SMILES string of the molecule is CCn1cc(Cn2cc(NC(=O)C(C)(C)n3cc(Cl)cn3)cn2)cn1. The van der Waals surface area contributed by atoms with E-state index < -0.39 is 5.54 Å². The number of nitrogens with one attached hydrogen (secondary N) is 1. The van der Waals surface area contributed by atoms with Gasteiger partial charge in [0.25, 0.3) is 5.91 Å². The van der Waals surface area contributed by atoms with Gasteiger partial charge in [-0.15, -0.1) is 0 Å². The molecule has 0 bridgehead atoms. The quantitative estimate of drug-likeness (QED) is 0.730. The van der Waals surface area contributed by atoms with E-state index in [1.807, 2.05) is 24.0 Å². The van der Waals surface area contributed by atoms with E-state index in [4.69, 9.17) is 11.6 Å². The second-order valence-corrected chi connectivity index (χ2v) is 6.68. The molecular weight excluding hydrogens is 342 g/mol. The van der Waals surface area contributed by atoms with E-state index in [1.54, 1.807) is 37.1 Å². The Bertz CT molecular complexity index is 877. The third kappa shape index (κ3) is 3.74. The maximum absolute atomic E-state index is 12.6. The minimum Gasteiger partial charge on any atom is -0.321 e. The molecule has 8 nitrogen and oxygen atoms in total. The van der Waals surface area contributed by atoms with Crippen molar-refractivity contribution in [3.8, 4) is 0 Å². The van der Waals surface area contributed by atoms with Gasteiger partial charge in [0.2, 0.25) is 0 Å². The molecule has 0 fully saturated rings. The van der Waals surface area contributed by atoms with E-state index in [0.717, 1.165) is 12.1 Å². The van der Waals surface area contributed by atoms with Gasteiger partial charge in [0, 0.05) is 30.7 Å². The van der Waals surface area contributed by atoms with E-state index in [2.05, 4.69) is 20.6 Å². The van der Waals surface area contributed by atoms with Gasteiger partial charge in [-0.1, -0.05) is 11.6 Å². The molecule has 0 unspecified atom stereocenters. The maximum atomic E-state index is 12.6. The van der Waals surface area contributed by atoms with Crippen LogP contribution in [0.1, 0.15) is 26.3 Å². The Hall–Kier alpha value is -2.61. The van der Waals surface area contributed by atoms with Gasteiger partial charge in [0.05, 0.1) is 35.8 Å². The fourth-order valence-corrected chi connectivity index (χ4v) is 2.49. The number of nitrogens with zero attached hydrogens (tertiary/aromatic N) is 6. The van der Waals surface area contributed by atoms with Crippen molar-refractivity contribution in [2.24, 2.45) is 0 Å². The number of halogens is 1. The van der Waals surface area contributed by atoms with Gasteiger partial charge in [-0.3, -0.25) is 18.8 Å². The molecule has 3 aromatic rings. The van der Waals surface area contributed by atoms with Crippen LogP contribution in [-0.4, -0.2) is 35.2 Å². The summed E-state index contributed by atoms with van der Waals surface area (Å²) in [4.78, 5) is 12.6. The van der Waals surface area contributed by atoms with Crippen molar-refractivity contribution >= 4 is 23.2 Å². The van der Waals surface area contributed by atoms with Gasteiger partial charge < -0.3 is 5.32 Å². The Kier molecular flexibility index (Phi) is 4.63. The number of aromatic nitrogens is 6. The summed E-state index contributed by atoms with van der Waals surface area (Å²) in [5, 5.41) is 16.0. The second kappa shape index (κ2) is 6.72. The average molecular weight is 362 g/mol. The summed E-state index contributed by atoms with van der Waals surface area (Å²) in [6.07, 6.45) is 10.3. The van der Waals surface area contributed by atoms with E-state index in [-0.39, 0.29) is 5.91 Å². The highest BCUT2D eigenvalue weighted by Crippen LogP contribution is 2.20. The first kappa shape index (κ1) is 17.2. The van der Waals surface area contributed by atoms with Crippen molar-refractivity contribution < 1.29 is 4.79 Å². The molecular formula is C16H20ClN7O. The zero-order chi connectivity index (χ0) is 18.0. The molecule has 9 heteroatoms. The zero-order valence-corrected chi connectivity index (χ0v) is 15.1. The number of carbonyl (C=O) groups excluding carboxylic acids is 1. The molecule has 3 heterocycles. The molecule has 0 saturated heterocycles. The lowest BCUT2D eigenvalue weighted by Crippen LogP contribution is -2.40. The number of hydrogen-bond acceptors (Lipinski definition) is 4. The van der Waals surface area contributed by atoms with E-state index in [9.17, 15) is 4.79 Å². The fraction of sp³-hybridized carbons (Fsp3) is 0.375. The van der Waals surface area contributed by atoms with Crippen LogP contribution in [0.25, 0.3) is 0 Å². The molecule has 0 spiro atoms. The van der Waals surface area contributed by atoms with Crippen molar-refractivity contribution in [1.82, 2.24) is 29.3 Å². The molecule has 0 atom stereocenters. The summed E-state index contributed by atoms with van der Waals surface area (Å²) in [7, 11) is 0. The van der Waals surface area contributed by atoms with Crippen molar-refractivity contribution in [1.29, 1.82) is 0 Å². The van der Waals surface area contributed by atoms with Crippen LogP contribution in [0, 0.1) is 0 Å². The molecule has 1 N–H and O–H groups in total. The molecule has 0 aliphatic heterocycles. The smallest absolute Gasteiger partial charge is 0.251 e. The highest BCUT2D eigenvalue weighted by Gasteiger charge is 2.31. The Morgan fingerprint density at radius 3 is 2.52 bits per heavy atom. The molecule has 0 radical (unpaired) electrons. The number of rotatable bonds is 6. The third-order valence-electron chi connectivity index (χ3n) is 3.93. The number of anilines is 1. The normalized spacial score (nSPS) is 11.7. The summed E-state index contributed by atoms with van der Waals surface area (Å²) < 4.78 is 5.15. The summed E-state index contributed by atoms with van der Waals surface area (Å²) >= 11 is 5.89. The molecule has 132 valence electrons. The molecule has 0 aliphatic rings. The number of carbonyl (C=O) groups is 1. The molecule has 3 aromatic heterocycles. The Labute approximate surface area is 150 Å². The molecule has 1 amide bonds. The fourth-order valence-electron chi connectivity index (χ4n) is 2.36. The van der Waals surface area contributed by atoms with Crippen LogP contribution in [0.3, 0.4) is 0 Å². The first-order valence-corrected chi connectivity index (χ1v) is 8.32. The van der Waals surface area contributed by atoms with Crippen LogP contribution in [0.15, 0.2) is 37.2 Å². The minimum absolute atomic E-state index is 0.203. The van der Waals surface area contributed by atoms with Crippen molar-refractivity contribution in [2.45, 2.75) is 39.4 Å². The standard InChI is InChI=1S/C16H20ClN7O/c1-4-22-8-12(5-18-22)9-23-11-14(7-19-23)21-15(25)16(2,3)24-10-13(17)6-20-24/h5-8,10-11H,4,9H2,1-3H3,(H,21,25). The first-order valence-electron chi connectivity index (χ1n) is 7.94. The van der Waals surface area contributed by atoms with Gasteiger partial charge in [0.15, 0.2) is 0 Å². The predicted molar refractivity (Wildman–Crippen MR) is 94.4 cm³/mol. The van der Waals surface area contributed by atoms with Gasteiger partial charge >= 0.3 is 0 Å². The van der Waals surface area contributed by atoms with Crippen LogP contribution in [0.2, 0.25) is 5.02 Å². The lowest BCUT2D eigenvalue weighted by Gasteiger charge is -2.23. The van der Waals surface area contributed by atoms with Crippen molar-refractivity contribution in [3.63, 3.8) is 0 Å². The van der Waals surface area contributed by atoms with Gasteiger partial charge in [-0.2, -0.15) is 15.3 Å². The lowest BCUT2D eigenvalue weighted by molar-refractivity contribution is -0.123. The third-order valence-corrected chi connectivity index (χ3v) is 4.12. The monoisotopic (exact) mass is 361 g/mol. The Morgan fingerprint density at radius 1 is 1.12 bits per heavy atom. The second-order valence-electron chi connectivity index (χ2n) is 6.25. The van der Waals surface area contributed by atoms with Gasteiger partial charge in [0.1, 0.15) is 5.54 Å². The molecule has 0 aromatic carbocycles. The molecule has 0 saturated carbocycles. The van der Waals surface area contributed by atoms with Gasteiger partial charge in [-0.05, 0) is 20.8 Å². The summed E-state index contributed by atoms with van der Waals surface area (Å²) in [6.45, 7) is 7.00. The Morgan fingerprint density at radius 2 is 1.88 bits per heavy atom. The lowest BCUT2D eigenvalue weighted by atomic mass is 10.1. The number of amides is 1. The summed E-state index contributed by atoms with van der Waals surface area (Å²) in [5.74, 6) is -0.203. The van der Waals surface area contributed by atoms with Crippen LogP contribution in [-0.2, 0) is 23.4 Å². The summed E-state index contributed by atoms with van der Waals surface area (Å²) in [5.41, 5.74) is 0.797. The average Bonchev–Trinajstić information content (AvgIpc) is 3.29.